The zero-order chi connectivity index (χ0) is 16.7. The molecule has 3 nitrogen and oxygen atoms in total. The lowest BCUT2D eigenvalue weighted by molar-refractivity contribution is 0.324. The smallest absolute Gasteiger partial charge is 0.0713 e. The van der Waals surface area contributed by atoms with E-state index in [0.717, 1.165) is 25.3 Å². The van der Waals surface area contributed by atoms with E-state index in [9.17, 15) is 0 Å². The van der Waals surface area contributed by atoms with Crippen molar-refractivity contribution in [3.63, 3.8) is 0 Å². The van der Waals surface area contributed by atoms with E-state index in [1.807, 2.05) is 0 Å². The summed E-state index contributed by atoms with van der Waals surface area (Å²) in [5.41, 5.74) is 5.33. The maximum absolute atomic E-state index is 4.86. The van der Waals surface area contributed by atoms with Gasteiger partial charge in [-0.2, -0.15) is 0 Å². The highest BCUT2D eigenvalue weighted by Gasteiger charge is 2.41. The fourth-order valence-electron chi connectivity index (χ4n) is 4.24. The molecule has 4 rings (SSSR count). The number of nitrogens with zero attached hydrogens (tertiary/aromatic N) is 3. The molecule has 1 aromatic heterocycles. The van der Waals surface area contributed by atoms with E-state index < -0.39 is 0 Å². The molecule has 1 saturated heterocycles. The van der Waals surface area contributed by atoms with E-state index >= 15 is 0 Å². The second-order valence-corrected chi connectivity index (χ2v) is 8.00. The lowest BCUT2D eigenvalue weighted by atomic mass is 9.91. The van der Waals surface area contributed by atoms with Crippen molar-refractivity contribution in [3.05, 3.63) is 59.4 Å². The van der Waals surface area contributed by atoms with Crippen LogP contribution in [0.15, 0.2) is 42.5 Å². The van der Waals surface area contributed by atoms with Crippen molar-refractivity contribution in [2.24, 2.45) is 0 Å². The number of rotatable bonds is 3. The first-order valence-corrected chi connectivity index (χ1v) is 9.04. The van der Waals surface area contributed by atoms with Crippen molar-refractivity contribution in [3.8, 4) is 0 Å². The molecule has 0 saturated carbocycles. The molecule has 3 heteroatoms. The molecule has 1 fully saturated rings. The predicted molar refractivity (Wildman–Crippen MR) is 99.5 cm³/mol. The first kappa shape index (κ1) is 15.6. The minimum atomic E-state index is 0.147. The molecule has 0 bridgehead atoms. The lowest BCUT2D eigenvalue weighted by Crippen LogP contribution is -2.39. The number of aromatic nitrogens is 1. The van der Waals surface area contributed by atoms with Crippen LogP contribution in [0, 0.1) is 6.92 Å². The summed E-state index contributed by atoms with van der Waals surface area (Å²) in [5, 5.41) is 0. The monoisotopic (exact) mass is 321 g/mol. The molecule has 0 N–H and O–H groups in total. The minimum Gasteiger partial charge on any atom is -0.365 e. The number of aryl methyl sites for hydroxylation is 1. The third-order valence-electron chi connectivity index (χ3n) is 5.47. The quantitative estimate of drug-likeness (QED) is 0.858. The van der Waals surface area contributed by atoms with Gasteiger partial charge in [0.05, 0.1) is 11.4 Å². The standard InChI is InChI=1S/C21H27N3/c1-16-9-10-19-20(22-16)21(2,3)15-24(19)18-11-12-23(14-18)13-17-7-5-4-6-8-17/h4-10,18H,11-15H2,1-3H3/t18-/m1/s1. The molecule has 0 radical (unpaired) electrons. The van der Waals surface area contributed by atoms with Crippen molar-refractivity contribution < 1.29 is 0 Å². The van der Waals surface area contributed by atoms with Gasteiger partial charge in [-0.25, -0.2) is 0 Å². The van der Waals surface area contributed by atoms with Gasteiger partial charge in [0.1, 0.15) is 0 Å². The van der Waals surface area contributed by atoms with Crippen molar-refractivity contribution >= 4 is 5.69 Å². The van der Waals surface area contributed by atoms with Gasteiger partial charge in [0, 0.05) is 43.3 Å². The Morgan fingerprint density at radius 3 is 2.71 bits per heavy atom. The Morgan fingerprint density at radius 1 is 1.12 bits per heavy atom. The summed E-state index contributed by atoms with van der Waals surface area (Å²) in [4.78, 5) is 10.1. The Kier molecular flexibility index (Phi) is 3.84. The van der Waals surface area contributed by atoms with Crippen molar-refractivity contribution in [2.75, 3.05) is 24.5 Å². The summed E-state index contributed by atoms with van der Waals surface area (Å²) >= 11 is 0. The second-order valence-electron chi connectivity index (χ2n) is 8.00. The first-order valence-electron chi connectivity index (χ1n) is 9.04. The third-order valence-corrected chi connectivity index (χ3v) is 5.47. The van der Waals surface area contributed by atoms with Gasteiger partial charge in [0.25, 0.3) is 0 Å². The fraction of sp³-hybridized carbons (Fsp3) is 0.476. The molecule has 3 heterocycles. The Morgan fingerprint density at radius 2 is 1.92 bits per heavy atom. The summed E-state index contributed by atoms with van der Waals surface area (Å²) in [6.07, 6.45) is 1.25. The van der Waals surface area contributed by atoms with E-state index in [0.29, 0.717) is 6.04 Å². The number of anilines is 1. The van der Waals surface area contributed by atoms with Crippen molar-refractivity contribution in [1.29, 1.82) is 0 Å². The predicted octanol–water partition coefficient (Wildman–Crippen LogP) is 3.76. The van der Waals surface area contributed by atoms with Crippen LogP contribution in [0.25, 0.3) is 0 Å². The summed E-state index contributed by atoms with van der Waals surface area (Å²) in [5.74, 6) is 0. The van der Waals surface area contributed by atoms with Crippen LogP contribution in [0.1, 0.15) is 37.2 Å². The Balaban J connectivity index is 1.50. The fourth-order valence-corrected chi connectivity index (χ4v) is 4.24. The Hall–Kier alpha value is -1.87. The number of hydrogen-bond acceptors (Lipinski definition) is 3. The molecule has 1 aromatic carbocycles. The minimum absolute atomic E-state index is 0.147. The summed E-state index contributed by atoms with van der Waals surface area (Å²) < 4.78 is 0. The molecule has 0 aliphatic carbocycles. The summed E-state index contributed by atoms with van der Waals surface area (Å²) in [6, 6.07) is 15.9. The van der Waals surface area contributed by atoms with Crippen LogP contribution in [0.5, 0.6) is 0 Å². The van der Waals surface area contributed by atoms with E-state index in [2.05, 4.69) is 73.0 Å². The number of pyridine rings is 1. The summed E-state index contributed by atoms with van der Waals surface area (Å²) in [6.45, 7) is 11.2. The maximum Gasteiger partial charge on any atom is 0.0713 e. The lowest BCUT2D eigenvalue weighted by Gasteiger charge is -2.28. The number of hydrogen-bond donors (Lipinski definition) is 0. The number of likely N-dealkylation sites (tertiary alicyclic amines) is 1. The van der Waals surface area contributed by atoms with E-state index in [1.54, 1.807) is 0 Å². The van der Waals surface area contributed by atoms with Gasteiger partial charge in [0.15, 0.2) is 0 Å². The van der Waals surface area contributed by atoms with Crippen molar-refractivity contribution in [2.45, 2.75) is 45.2 Å². The van der Waals surface area contributed by atoms with Crippen LogP contribution in [0.4, 0.5) is 5.69 Å². The average Bonchev–Trinajstić information content (AvgIpc) is 3.11. The topological polar surface area (TPSA) is 19.4 Å². The zero-order valence-corrected chi connectivity index (χ0v) is 15.0. The SMILES string of the molecule is Cc1ccc2c(n1)C(C)(C)CN2[C@@H]1CCN(Cc2ccccc2)C1. The van der Waals surface area contributed by atoms with Crippen LogP contribution in [0.2, 0.25) is 0 Å². The molecule has 2 aliphatic rings. The molecule has 0 unspecified atom stereocenters. The third kappa shape index (κ3) is 2.82. The normalized spacial score (nSPS) is 22.8. The van der Waals surface area contributed by atoms with Gasteiger partial charge in [0.2, 0.25) is 0 Å². The van der Waals surface area contributed by atoms with Gasteiger partial charge in [-0.3, -0.25) is 9.88 Å². The van der Waals surface area contributed by atoms with Gasteiger partial charge < -0.3 is 4.90 Å². The van der Waals surface area contributed by atoms with Crippen LogP contribution >= 0.6 is 0 Å². The Bertz CT molecular complexity index is 723. The highest BCUT2D eigenvalue weighted by molar-refractivity contribution is 5.60. The van der Waals surface area contributed by atoms with E-state index in [4.69, 9.17) is 4.98 Å². The van der Waals surface area contributed by atoms with Gasteiger partial charge in [-0.15, -0.1) is 0 Å². The van der Waals surface area contributed by atoms with Gasteiger partial charge >= 0.3 is 0 Å². The molecule has 0 amide bonds. The Labute approximate surface area is 145 Å². The van der Waals surface area contributed by atoms with Crippen molar-refractivity contribution in [1.82, 2.24) is 9.88 Å². The molecule has 126 valence electrons. The molecule has 2 aliphatic heterocycles. The first-order chi connectivity index (χ1) is 11.5. The highest BCUT2D eigenvalue weighted by atomic mass is 15.3. The van der Waals surface area contributed by atoms with E-state index in [1.165, 1.54) is 29.9 Å². The second kappa shape index (κ2) is 5.89. The maximum atomic E-state index is 4.86. The molecule has 1 atom stereocenters. The molecular weight excluding hydrogens is 294 g/mol. The molecular formula is C21H27N3. The molecule has 0 spiro atoms. The van der Waals surface area contributed by atoms with Crippen LogP contribution < -0.4 is 4.90 Å². The largest absolute Gasteiger partial charge is 0.365 e. The average molecular weight is 321 g/mol. The van der Waals surface area contributed by atoms with Gasteiger partial charge in [-0.05, 0) is 31.0 Å². The number of benzene rings is 1. The van der Waals surface area contributed by atoms with Crippen LogP contribution in [0.3, 0.4) is 0 Å². The van der Waals surface area contributed by atoms with E-state index in [-0.39, 0.29) is 5.41 Å². The molecule has 2 aromatic rings. The van der Waals surface area contributed by atoms with Crippen LogP contribution in [-0.4, -0.2) is 35.6 Å². The highest BCUT2D eigenvalue weighted by Crippen LogP contribution is 2.41. The number of fused-ring (bicyclic) bond motifs is 1. The molecule has 24 heavy (non-hydrogen) atoms. The zero-order valence-electron chi connectivity index (χ0n) is 15.0. The van der Waals surface area contributed by atoms with Crippen LogP contribution in [-0.2, 0) is 12.0 Å². The van der Waals surface area contributed by atoms with Gasteiger partial charge in [-0.1, -0.05) is 44.2 Å². The summed E-state index contributed by atoms with van der Waals surface area (Å²) in [7, 11) is 0.